The monoisotopic (exact) mass is 255 g/mol. The summed E-state index contributed by atoms with van der Waals surface area (Å²) in [7, 11) is 0. The predicted octanol–water partition coefficient (Wildman–Crippen LogP) is 2.10. The highest BCUT2D eigenvalue weighted by Crippen LogP contribution is 2.24. The Hall–Kier alpha value is -1.94. The molecule has 1 aliphatic rings. The molecule has 0 bridgehead atoms. The molecule has 2 aromatic heterocycles. The van der Waals surface area contributed by atoms with E-state index in [4.69, 9.17) is 0 Å². The quantitative estimate of drug-likeness (QED) is 0.893. The van der Waals surface area contributed by atoms with Gasteiger partial charge in [-0.2, -0.15) is 0 Å². The number of nitrogens with zero attached hydrogens (tertiary/aromatic N) is 3. The van der Waals surface area contributed by atoms with E-state index in [0.29, 0.717) is 0 Å². The summed E-state index contributed by atoms with van der Waals surface area (Å²) in [6.07, 6.45) is 6.93. The predicted molar refractivity (Wildman–Crippen MR) is 74.9 cm³/mol. The first-order chi connectivity index (χ1) is 9.33. The van der Waals surface area contributed by atoms with Gasteiger partial charge in [-0.25, -0.2) is 4.98 Å². The Morgan fingerprint density at radius 2 is 1.68 bits per heavy atom. The van der Waals surface area contributed by atoms with E-state index >= 15 is 0 Å². The molecule has 3 rings (SSSR count). The van der Waals surface area contributed by atoms with Crippen molar-refractivity contribution in [2.45, 2.75) is 18.9 Å². The van der Waals surface area contributed by atoms with Gasteiger partial charge in [0.15, 0.2) is 0 Å². The van der Waals surface area contributed by atoms with Crippen LogP contribution in [-0.2, 0) is 0 Å². The highest BCUT2D eigenvalue weighted by molar-refractivity contribution is 5.66. The van der Waals surface area contributed by atoms with Gasteiger partial charge in [0, 0.05) is 31.7 Å². The van der Waals surface area contributed by atoms with Crippen molar-refractivity contribution in [3.8, 4) is 11.1 Å². The molecule has 3 heterocycles. The fourth-order valence-corrected chi connectivity index (χ4v) is 2.41. The first-order valence-electron chi connectivity index (χ1n) is 6.62. The maximum Gasteiger partial charge on any atom is 0.129 e. The summed E-state index contributed by atoms with van der Waals surface area (Å²) in [5, 5.41) is 9.55. The highest BCUT2D eigenvalue weighted by atomic mass is 16.3. The number of aliphatic hydroxyl groups excluding tert-OH is 1. The third-order valence-corrected chi connectivity index (χ3v) is 3.55. The second-order valence-corrected chi connectivity index (χ2v) is 4.86. The first-order valence-corrected chi connectivity index (χ1v) is 6.62. The van der Waals surface area contributed by atoms with E-state index in [9.17, 15) is 5.11 Å². The molecule has 4 heteroatoms. The first kappa shape index (κ1) is 12.1. The Morgan fingerprint density at radius 3 is 2.42 bits per heavy atom. The minimum absolute atomic E-state index is 0.153. The molecule has 4 nitrogen and oxygen atoms in total. The molecule has 1 saturated heterocycles. The summed E-state index contributed by atoms with van der Waals surface area (Å²) in [5.41, 5.74) is 2.30. The smallest absolute Gasteiger partial charge is 0.129 e. The molecule has 0 amide bonds. The number of rotatable bonds is 2. The van der Waals surface area contributed by atoms with Gasteiger partial charge in [-0.05, 0) is 48.2 Å². The molecule has 1 aliphatic heterocycles. The second-order valence-electron chi connectivity index (χ2n) is 4.86. The van der Waals surface area contributed by atoms with E-state index < -0.39 is 0 Å². The van der Waals surface area contributed by atoms with Crippen molar-refractivity contribution in [3.05, 3.63) is 42.9 Å². The summed E-state index contributed by atoms with van der Waals surface area (Å²) < 4.78 is 0. The van der Waals surface area contributed by atoms with Crippen LogP contribution in [0.1, 0.15) is 12.8 Å². The zero-order valence-electron chi connectivity index (χ0n) is 10.7. The fraction of sp³-hybridized carbons (Fsp3) is 0.333. The Morgan fingerprint density at radius 1 is 1.00 bits per heavy atom. The summed E-state index contributed by atoms with van der Waals surface area (Å²) in [6.45, 7) is 1.74. The van der Waals surface area contributed by atoms with Crippen molar-refractivity contribution in [2.75, 3.05) is 18.0 Å². The van der Waals surface area contributed by atoms with Crippen LogP contribution in [0, 0.1) is 0 Å². The van der Waals surface area contributed by atoms with Crippen molar-refractivity contribution in [1.82, 2.24) is 9.97 Å². The fourth-order valence-electron chi connectivity index (χ4n) is 2.41. The van der Waals surface area contributed by atoms with E-state index in [1.807, 2.05) is 24.4 Å². The van der Waals surface area contributed by atoms with Gasteiger partial charge < -0.3 is 10.0 Å². The lowest BCUT2D eigenvalue weighted by Crippen LogP contribution is -2.36. The van der Waals surface area contributed by atoms with Crippen LogP contribution >= 0.6 is 0 Å². The number of aliphatic hydroxyl groups is 1. The third kappa shape index (κ3) is 2.74. The lowest BCUT2D eigenvalue weighted by atomic mass is 10.1. The molecular weight excluding hydrogens is 238 g/mol. The van der Waals surface area contributed by atoms with Crippen LogP contribution in [0.5, 0.6) is 0 Å². The van der Waals surface area contributed by atoms with E-state index in [0.717, 1.165) is 42.9 Å². The SMILES string of the molecule is OC1CCN(c2cc(-c3ccncc3)ccn2)CC1. The van der Waals surface area contributed by atoms with E-state index in [1.54, 1.807) is 12.4 Å². The maximum absolute atomic E-state index is 9.55. The van der Waals surface area contributed by atoms with Crippen molar-refractivity contribution in [3.63, 3.8) is 0 Å². The molecule has 0 unspecified atom stereocenters. The van der Waals surface area contributed by atoms with E-state index in [-0.39, 0.29) is 6.10 Å². The van der Waals surface area contributed by atoms with Crippen LogP contribution < -0.4 is 4.90 Å². The average Bonchev–Trinajstić information content (AvgIpc) is 2.49. The Kier molecular flexibility index (Phi) is 3.42. The molecule has 1 fully saturated rings. The van der Waals surface area contributed by atoms with Crippen LogP contribution in [0.4, 0.5) is 5.82 Å². The zero-order valence-corrected chi connectivity index (χ0v) is 10.7. The molecule has 98 valence electrons. The van der Waals surface area contributed by atoms with E-state index in [1.165, 1.54) is 0 Å². The molecule has 0 aliphatic carbocycles. The average molecular weight is 255 g/mol. The van der Waals surface area contributed by atoms with Gasteiger partial charge in [0.1, 0.15) is 5.82 Å². The van der Waals surface area contributed by atoms with Gasteiger partial charge in [0.05, 0.1) is 6.10 Å². The maximum atomic E-state index is 9.55. The van der Waals surface area contributed by atoms with Crippen molar-refractivity contribution in [1.29, 1.82) is 0 Å². The third-order valence-electron chi connectivity index (χ3n) is 3.55. The molecule has 0 spiro atoms. The number of anilines is 1. The van der Waals surface area contributed by atoms with Gasteiger partial charge in [-0.1, -0.05) is 0 Å². The van der Waals surface area contributed by atoms with Crippen LogP contribution in [0.3, 0.4) is 0 Å². The molecule has 0 radical (unpaired) electrons. The Labute approximate surface area is 112 Å². The van der Waals surface area contributed by atoms with Gasteiger partial charge in [-0.3, -0.25) is 4.98 Å². The second kappa shape index (κ2) is 5.36. The standard InChI is InChI=1S/C15H17N3O/c19-14-4-9-18(10-5-14)15-11-13(3-8-17-15)12-1-6-16-7-2-12/h1-3,6-8,11,14,19H,4-5,9-10H2. The number of hydrogen-bond acceptors (Lipinski definition) is 4. The van der Waals surface area contributed by atoms with E-state index in [2.05, 4.69) is 20.9 Å². The number of piperidine rings is 1. The normalized spacial score (nSPS) is 16.6. The minimum Gasteiger partial charge on any atom is -0.393 e. The van der Waals surface area contributed by atoms with Crippen molar-refractivity contribution in [2.24, 2.45) is 0 Å². The van der Waals surface area contributed by atoms with Crippen molar-refractivity contribution >= 4 is 5.82 Å². The largest absolute Gasteiger partial charge is 0.393 e. The summed E-state index contributed by atoms with van der Waals surface area (Å²) in [4.78, 5) is 10.7. The minimum atomic E-state index is -0.153. The molecule has 0 aromatic carbocycles. The summed E-state index contributed by atoms with van der Waals surface area (Å²) >= 11 is 0. The van der Waals surface area contributed by atoms with Crippen LogP contribution in [0.15, 0.2) is 42.9 Å². The topological polar surface area (TPSA) is 49.2 Å². The molecular formula is C15H17N3O. The molecule has 0 saturated carbocycles. The number of pyridine rings is 2. The molecule has 2 aromatic rings. The lowest BCUT2D eigenvalue weighted by molar-refractivity contribution is 0.145. The number of aromatic nitrogens is 2. The van der Waals surface area contributed by atoms with Crippen LogP contribution in [0.25, 0.3) is 11.1 Å². The van der Waals surface area contributed by atoms with Crippen molar-refractivity contribution < 1.29 is 5.11 Å². The zero-order chi connectivity index (χ0) is 13.1. The Bertz CT molecular complexity index is 536. The highest BCUT2D eigenvalue weighted by Gasteiger charge is 2.18. The summed E-state index contributed by atoms with van der Waals surface area (Å²) in [6, 6.07) is 8.11. The lowest BCUT2D eigenvalue weighted by Gasteiger charge is -2.30. The molecule has 19 heavy (non-hydrogen) atoms. The molecule has 1 N–H and O–H groups in total. The molecule has 0 atom stereocenters. The Balaban J connectivity index is 1.84. The summed E-state index contributed by atoms with van der Waals surface area (Å²) in [5.74, 6) is 0.987. The van der Waals surface area contributed by atoms with Gasteiger partial charge >= 0.3 is 0 Å². The van der Waals surface area contributed by atoms with Crippen LogP contribution in [-0.4, -0.2) is 34.3 Å². The van der Waals surface area contributed by atoms with Gasteiger partial charge in [-0.15, -0.1) is 0 Å². The van der Waals surface area contributed by atoms with Gasteiger partial charge in [0.2, 0.25) is 0 Å². The van der Waals surface area contributed by atoms with Gasteiger partial charge in [0.25, 0.3) is 0 Å². The number of hydrogen-bond donors (Lipinski definition) is 1. The van der Waals surface area contributed by atoms with Crippen LogP contribution in [0.2, 0.25) is 0 Å².